The van der Waals surface area contributed by atoms with E-state index in [-0.39, 0.29) is 4.82 Å². The summed E-state index contributed by atoms with van der Waals surface area (Å²) in [4.78, 5) is 12.2. The van der Waals surface area contributed by atoms with Gasteiger partial charge in [0, 0.05) is 39.6 Å². The highest BCUT2D eigenvalue weighted by molar-refractivity contribution is 9.18. The molecule has 1 amide bonds. The number of rotatable bonds is 2. The lowest BCUT2D eigenvalue weighted by Gasteiger charge is -2.14. The van der Waals surface area contributed by atoms with Crippen LogP contribution in [0.25, 0.3) is 0 Å². The molecule has 0 fully saturated rings. The van der Waals surface area contributed by atoms with Crippen LogP contribution in [-0.2, 0) is 6.54 Å². The highest BCUT2D eigenvalue weighted by atomic mass is 79.9. The fourth-order valence-corrected chi connectivity index (χ4v) is 1.56. The lowest BCUT2D eigenvalue weighted by atomic mass is 10.2. The molecular weight excluding hydrogens is 289 g/mol. The number of hydrogen-bond donors (Lipinski definition) is 0. The van der Waals surface area contributed by atoms with Crippen molar-refractivity contribution in [2.45, 2.75) is 6.54 Å². The molecule has 0 aliphatic carbocycles. The van der Waals surface area contributed by atoms with Crippen molar-refractivity contribution in [3.63, 3.8) is 0 Å². The van der Waals surface area contributed by atoms with Gasteiger partial charge in [-0.2, -0.15) is 0 Å². The van der Waals surface area contributed by atoms with Crippen molar-refractivity contribution in [1.82, 2.24) is 4.90 Å². The van der Waals surface area contributed by atoms with Gasteiger partial charge in [0.2, 0.25) is 0 Å². The molecule has 2 nitrogen and oxygen atoms in total. The van der Waals surface area contributed by atoms with E-state index in [2.05, 4.69) is 15.9 Å². The van der Waals surface area contributed by atoms with Gasteiger partial charge >= 0.3 is 0 Å². The molecule has 0 radical (unpaired) electrons. The van der Waals surface area contributed by atoms with Crippen molar-refractivity contribution in [2.75, 3.05) is 7.05 Å². The van der Waals surface area contributed by atoms with Gasteiger partial charge in [0.1, 0.15) is 0 Å². The maximum absolute atomic E-state index is 10.9. The minimum absolute atomic E-state index is 0.177. The van der Waals surface area contributed by atoms with Crippen LogP contribution >= 0.6 is 39.1 Å². The molecule has 76 valence electrons. The minimum atomic E-state index is -0.177. The zero-order chi connectivity index (χ0) is 10.7. The van der Waals surface area contributed by atoms with E-state index in [1.165, 1.54) is 4.90 Å². The Balaban J connectivity index is 2.82. The van der Waals surface area contributed by atoms with Crippen LogP contribution in [0.3, 0.4) is 0 Å². The summed E-state index contributed by atoms with van der Waals surface area (Å²) in [5, 5.41) is 1.16. The molecule has 0 saturated carbocycles. The van der Waals surface area contributed by atoms with E-state index in [1.807, 2.05) is 0 Å². The van der Waals surface area contributed by atoms with Crippen molar-refractivity contribution in [3.8, 4) is 0 Å². The molecule has 0 bridgehead atoms. The van der Waals surface area contributed by atoms with Crippen LogP contribution < -0.4 is 0 Å². The third-order valence-corrected chi connectivity index (χ3v) is 2.92. The molecule has 0 aliphatic heterocycles. The van der Waals surface area contributed by atoms with Gasteiger partial charge < -0.3 is 4.90 Å². The van der Waals surface area contributed by atoms with Gasteiger partial charge in [0.25, 0.3) is 4.82 Å². The van der Waals surface area contributed by atoms with E-state index in [4.69, 9.17) is 23.2 Å². The van der Waals surface area contributed by atoms with E-state index in [9.17, 15) is 4.79 Å². The summed E-state index contributed by atoms with van der Waals surface area (Å²) >= 11 is 14.5. The Bertz CT molecular complexity index is 357. The number of carbonyl (C=O) groups is 1. The van der Waals surface area contributed by atoms with Gasteiger partial charge in [-0.25, -0.2) is 0 Å². The summed E-state index contributed by atoms with van der Waals surface area (Å²) in [6.45, 7) is 0.458. The summed E-state index contributed by atoms with van der Waals surface area (Å²) in [7, 11) is 1.68. The van der Waals surface area contributed by atoms with Crippen LogP contribution in [0.4, 0.5) is 4.79 Å². The monoisotopic (exact) mass is 295 g/mol. The van der Waals surface area contributed by atoms with E-state index in [1.54, 1.807) is 25.2 Å². The van der Waals surface area contributed by atoms with Gasteiger partial charge in [-0.15, -0.1) is 0 Å². The summed E-state index contributed by atoms with van der Waals surface area (Å²) in [5.74, 6) is 0. The first-order chi connectivity index (χ1) is 6.50. The Morgan fingerprint density at radius 2 is 2.14 bits per heavy atom. The van der Waals surface area contributed by atoms with Crippen LogP contribution in [-0.4, -0.2) is 16.8 Å². The van der Waals surface area contributed by atoms with E-state index < -0.39 is 0 Å². The van der Waals surface area contributed by atoms with Crippen molar-refractivity contribution in [1.29, 1.82) is 0 Å². The molecule has 0 N–H and O–H groups in total. The molecule has 0 saturated heterocycles. The largest absolute Gasteiger partial charge is 0.332 e. The molecule has 0 atom stereocenters. The normalized spacial score (nSPS) is 10.0. The minimum Gasteiger partial charge on any atom is -0.332 e. The van der Waals surface area contributed by atoms with Crippen LogP contribution in [0, 0.1) is 0 Å². The van der Waals surface area contributed by atoms with Crippen molar-refractivity contribution >= 4 is 43.9 Å². The van der Waals surface area contributed by atoms with E-state index in [0.717, 1.165) is 5.56 Å². The highest BCUT2D eigenvalue weighted by Gasteiger charge is 2.07. The molecule has 14 heavy (non-hydrogen) atoms. The lowest BCUT2D eigenvalue weighted by molar-refractivity contribution is 0.233. The van der Waals surface area contributed by atoms with Gasteiger partial charge in [-0.3, -0.25) is 4.79 Å². The Kier molecular flexibility index (Phi) is 4.23. The molecule has 0 aromatic heterocycles. The van der Waals surface area contributed by atoms with Crippen LogP contribution in [0.2, 0.25) is 10.0 Å². The zero-order valence-corrected chi connectivity index (χ0v) is 10.5. The predicted octanol–water partition coefficient (Wildman–Crippen LogP) is 3.94. The summed E-state index contributed by atoms with van der Waals surface area (Å²) < 4.78 is 0. The van der Waals surface area contributed by atoms with Crippen molar-refractivity contribution in [3.05, 3.63) is 33.8 Å². The molecular formula is C9H8BrCl2NO. The highest BCUT2D eigenvalue weighted by Crippen LogP contribution is 2.22. The van der Waals surface area contributed by atoms with Gasteiger partial charge in [-0.1, -0.05) is 29.3 Å². The Morgan fingerprint density at radius 3 is 2.64 bits per heavy atom. The third-order valence-electron chi connectivity index (χ3n) is 1.72. The average molecular weight is 297 g/mol. The first-order valence-corrected chi connectivity index (χ1v) is 5.40. The number of halogens is 3. The molecule has 1 aromatic carbocycles. The van der Waals surface area contributed by atoms with Crippen molar-refractivity contribution in [2.24, 2.45) is 0 Å². The average Bonchev–Trinajstić information content (AvgIpc) is 2.09. The van der Waals surface area contributed by atoms with Crippen LogP contribution in [0.15, 0.2) is 18.2 Å². The Labute approximate surface area is 101 Å². The fraction of sp³-hybridized carbons (Fsp3) is 0.222. The Hall–Kier alpha value is -0.250. The molecule has 5 heteroatoms. The lowest BCUT2D eigenvalue weighted by Crippen LogP contribution is -2.19. The first kappa shape index (κ1) is 11.8. The standard InChI is InChI=1S/C9H8BrCl2NO/c1-13(9(10)14)5-6-2-3-7(11)4-8(6)12/h2-4H,5H2,1H3. The Morgan fingerprint density at radius 1 is 1.50 bits per heavy atom. The molecule has 0 spiro atoms. The predicted molar refractivity (Wildman–Crippen MR) is 62.3 cm³/mol. The number of amides is 1. The first-order valence-electron chi connectivity index (χ1n) is 3.85. The number of benzene rings is 1. The zero-order valence-electron chi connectivity index (χ0n) is 7.43. The SMILES string of the molecule is CN(Cc1ccc(Cl)cc1Cl)C(=O)Br. The second-order valence-electron chi connectivity index (χ2n) is 2.84. The van der Waals surface area contributed by atoms with E-state index in [0.29, 0.717) is 16.6 Å². The number of hydrogen-bond acceptors (Lipinski definition) is 1. The second-order valence-corrected chi connectivity index (χ2v) is 4.37. The topological polar surface area (TPSA) is 20.3 Å². The van der Waals surface area contributed by atoms with Crippen LogP contribution in [0.1, 0.15) is 5.56 Å². The third kappa shape index (κ3) is 3.15. The summed E-state index contributed by atoms with van der Waals surface area (Å²) in [6, 6.07) is 5.21. The quantitative estimate of drug-likeness (QED) is 0.598. The smallest absolute Gasteiger partial charge is 0.289 e. The molecule has 0 aliphatic rings. The second kappa shape index (κ2) is 5.01. The molecule has 0 unspecified atom stereocenters. The van der Waals surface area contributed by atoms with Crippen LogP contribution in [0.5, 0.6) is 0 Å². The van der Waals surface area contributed by atoms with Gasteiger partial charge in [0.05, 0.1) is 0 Å². The van der Waals surface area contributed by atoms with Gasteiger partial charge in [0.15, 0.2) is 0 Å². The summed E-state index contributed by atoms with van der Waals surface area (Å²) in [5.41, 5.74) is 0.867. The van der Waals surface area contributed by atoms with Crippen molar-refractivity contribution < 1.29 is 4.79 Å². The number of carbonyl (C=O) groups excluding carboxylic acids is 1. The molecule has 1 rings (SSSR count). The van der Waals surface area contributed by atoms with Gasteiger partial charge in [-0.05, 0) is 17.7 Å². The maximum Gasteiger partial charge on any atom is 0.289 e. The summed E-state index contributed by atoms with van der Waals surface area (Å²) in [6.07, 6.45) is 0. The number of nitrogens with zero attached hydrogens (tertiary/aromatic N) is 1. The maximum atomic E-state index is 10.9. The van der Waals surface area contributed by atoms with E-state index >= 15 is 0 Å². The fourth-order valence-electron chi connectivity index (χ4n) is 0.968. The molecule has 1 aromatic rings. The molecule has 0 heterocycles.